The molecular weight excluding hydrogens is 350 g/mol. The van der Waals surface area contributed by atoms with Gasteiger partial charge in [-0.15, -0.1) is 0 Å². The van der Waals surface area contributed by atoms with Crippen LogP contribution in [0.15, 0.2) is 54.6 Å². The molecule has 3 aromatic rings. The number of aromatic nitrogens is 2. The summed E-state index contributed by atoms with van der Waals surface area (Å²) in [4.78, 5) is 19.5. The van der Waals surface area contributed by atoms with Crippen LogP contribution >= 0.6 is 0 Å². The van der Waals surface area contributed by atoms with Gasteiger partial charge >= 0.3 is 0 Å². The number of hydrogen-bond donors (Lipinski definition) is 2. The molecule has 28 heavy (non-hydrogen) atoms. The zero-order valence-electron chi connectivity index (χ0n) is 16.3. The topological polar surface area (TPSA) is 62.2 Å². The molecule has 2 N–H and O–H groups in total. The number of benzene rings is 2. The summed E-state index contributed by atoms with van der Waals surface area (Å²) in [5.74, 6) is 1.52. The van der Waals surface area contributed by atoms with Gasteiger partial charge in [0.05, 0.1) is 6.54 Å². The number of nitrogens with one attached hydrogen (secondary N) is 2. The minimum Gasteiger partial charge on any atom is -0.378 e. The first kappa shape index (κ1) is 18.1. The number of carbonyl (C=O) groups excluding carboxylic acids is 1. The minimum absolute atomic E-state index is 0.00516. The second-order valence-corrected chi connectivity index (χ2v) is 7.12. The van der Waals surface area contributed by atoms with Gasteiger partial charge < -0.3 is 20.1 Å². The molecule has 144 valence electrons. The van der Waals surface area contributed by atoms with E-state index in [1.165, 1.54) is 5.56 Å². The van der Waals surface area contributed by atoms with Gasteiger partial charge in [0, 0.05) is 32.4 Å². The Kier molecular flexibility index (Phi) is 5.02. The van der Waals surface area contributed by atoms with Gasteiger partial charge in [-0.25, -0.2) is 4.98 Å². The maximum absolute atomic E-state index is 13.0. The smallest absolute Gasteiger partial charge is 0.274 e. The fourth-order valence-corrected chi connectivity index (χ4v) is 3.48. The standard InChI is InChI=1S/C22H25N5O/c1-16-8-6-7-11-18(16)24-14-19-25-21-20(22(28)26(2)13-12-23-21)27(19)15-17-9-4-3-5-10-17/h3-11,23-24H,12-15H2,1-2H3. The molecule has 6 heteroatoms. The summed E-state index contributed by atoms with van der Waals surface area (Å²) in [5.41, 5.74) is 4.02. The number of carbonyl (C=O) groups is 1. The van der Waals surface area contributed by atoms with Crippen LogP contribution in [0, 0.1) is 6.92 Å². The van der Waals surface area contributed by atoms with Crippen molar-refractivity contribution < 1.29 is 4.79 Å². The van der Waals surface area contributed by atoms with Crippen molar-refractivity contribution in [3.63, 3.8) is 0 Å². The Balaban J connectivity index is 1.71. The fraction of sp³-hybridized carbons (Fsp3) is 0.273. The van der Waals surface area contributed by atoms with E-state index < -0.39 is 0 Å². The molecule has 0 spiro atoms. The zero-order valence-corrected chi connectivity index (χ0v) is 16.3. The van der Waals surface area contributed by atoms with Gasteiger partial charge in [-0.1, -0.05) is 48.5 Å². The molecule has 2 heterocycles. The van der Waals surface area contributed by atoms with E-state index in [4.69, 9.17) is 4.98 Å². The Morgan fingerprint density at radius 3 is 2.64 bits per heavy atom. The van der Waals surface area contributed by atoms with Gasteiger partial charge in [0.1, 0.15) is 5.82 Å². The lowest BCUT2D eigenvalue weighted by Gasteiger charge is -2.17. The molecule has 0 unspecified atom stereocenters. The Labute approximate surface area is 165 Å². The highest BCUT2D eigenvalue weighted by Crippen LogP contribution is 2.24. The highest BCUT2D eigenvalue weighted by molar-refractivity contribution is 5.98. The molecule has 0 bridgehead atoms. The van der Waals surface area contributed by atoms with Crippen molar-refractivity contribution in [3.8, 4) is 0 Å². The summed E-state index contributed by atoms with van der Waals surface area (Å²) < 4.78 is 2.03. The van der Waals surface area contributed by atoms with Crippen molar-refractivity contribution in [1.82, 2.24) is 14.5 Å². The number of amides is 1. The maximum atomic E-state index is 13.0. The third kappa shape index (κ3) is 3.58. The molecule has 0 saturated carbocycles. The first-order valence-electron chi connectivity index (χ1n) is 9.55. The Morgan fingerprint density at radius 2 is 1.86 bits per heavy atom. The van der Waals surface area contributed by atoms with E-state index in [9.17, 15) is 4.79 Å². The van der Waals surface area contributed by atoms with E-state index in [2.05, 4.69) is 41.8 Å². The summed E-state index contributed by atoms with van der Waals surface area (Å²) in [7, 11) is 1.84. The van der Waals surface area contributed by atoms with Crippen LogP contribution in [0.2, 0.25) is 0 Å². The van der Waals surface area contributed by atoms with Crippen molar-refractivity contribution >= 4 is 17.4 Å². The van der Waals surface area contributed by atoms with Gasteiger partial charge in [0.2, 0.25) is 0 Å². The molecule has 1 aliphatic heterocycles. The molecule has 0 aliphatic carbocycles. The van der Waals surface area contributed by atoms with E-state index in [-0.39, 0.29) is 5.91 Å². The number of fused-ring (bicyclic) bond motifs is 1. The third-order valence-corrected chi connectivity index (χ3v) is 5.10. The van der Waals surface area contributed by atoms with Gasteiger partial charge in [-0.2, -0.15) is 0 Å². The average molecular weight is 375 g/mol. The molecular formula is C22H25N5O. The van der Waals surface area contributed by atoms with Crippen LogP contribution in [0.4, 0.5) is 11.5 Å². The van der Waals surface area contributed by atoms with Crippen molar-refractivity contribution in [1.29, 1.82) is 0 Å². The highest BCUT2D eigenvalue weighted by Gasteiger charge is 2.27. The minimum atomic E-state index is 0.00516. The first-order valence-corrected chi connectivity index (χ1v) is 9.55. The molecule has 0 fully saturated rings. The predicted octanol–water partition coefficient (Wildman–Crippen LogP) is 3.35. The second kappa shape index (κ2) is 7.76. The maximum Gasteiger partial charge on any atom is 0.274 e. The van der Waals surface area contributed by atoms with Crippen molar-refractivity contribution in [2.75, 3.05) is 30.8 Å². The molecule has 2 aromatic carbocycles. The second-order valence-electron chi connectivity index (χ2n) is 7.12. The first-order chi connectivity index (χ1) is 13.6. The number of para-hydroxylation sites is 1. The summed E-state index contributed by atoms with van der Waals surface area (Å²) in [6.07, 6.45) is 0. The molecule has 0 radical (unpaired) electrons. The number of aryl methyl sites for hydroxylation is 1. The van der Waals surface area contributed by atoms with Crippen molar-refractivity contribution in [2.45, 2.75) is 20.0 Å². The molecule has 1 aromatic heterocycles. The van der Waals surface area contributed by atoms with E-state index in [1.54, 1.807) is 4.90 Å². The van der Waals surface area contributed by atoms with E-state index >= 15 is 0 Å². The average Bonchev–Trinajstić information content (AvgIpc) is 2.97. The molecule has 0 saturated heterocycles. The molecule has 1 amide bonds. The van der Waals surface area contributed by atoms with Crippen molar-refractivity contribution in [2.24, 2.45) is 0 Å². The van der Waals surface area contributed by atoms with Gasteiger partial charge in [-0.3, -0.25) is 4.79 Å². The quantitative estimate of drug-likeness (QED) is 0.718. The van der Waals surface area contributed by atoms with Gasteiger partial charge in [0.15, 0.2) is 11.5 Å². The van der Waals surface area contributed by atoms with E-state index in [0.717, 1.165) is 17.1 Å². The predicted molar refractivity (Wildman–Crippen MR) is 112 cm³/mol. The lowest BCUT2D eigenvalue weighted by molar-refractivity contribution is 0.0795. The number of nitrogens with zero attached hydrogens (tertiary/aromatic N) is 3. The number of hydrogen-bond acceptors (Lipinski definition) is 4. The van der Waals surface area contributed by atoms with Gasteiger partial charge in [-0.05, 0) is 24.1 Å². The summed E-state index contributed by atoms with van der Waals surface area (Å²) in [5, 5.41) is 6.79. The molecule has 0 atom stereocenters. The SMILES string of the molecule is Cc1ccccc1NCc1nc2c(n1Cc1ccccc1)C(=O)N(C)CCN2. The largest absolute Gasteiger partial charge is 0.378 e. The van der Waals surface area contributed by atoms with Crippen LogP contribution in [-0.2, 0) is 13.1 Å². The van der Waals surface area contributed by atoms with Crippen molar-refractivity contribution in [3.05, 3.63) is 77.2 Å². The van der Waals surface area contributed by atoms with Crippen LogP contribution in [0.5, 0.6) is 0 Å². The van der Waals surface area contributed by atoms with Crippen LogP contribution in [-0.4, -0.2) is 40.5 Å². The van der Waals surface area contributed by atoms with Crippen LogP contribution < -0.4 is 10.6 Å². The van der Waals surface area contributed by atoms with Crippen LogP contribution in [0.3, 0.4) is 0 Å². The Morgan fingerprint density at radius 1 is 1.11 bits per heavy atom. The molecule has 6 nitrogen and oxygen atoms in total. The number of imidazole rings is 1. The van der Waals surface area contributed by atoms with E-state index in [0.29, 0.717) is 37.7 Å². The van der Waals surface area contributed by atoms with Crippen LogP contribution in [0.25, 0.3) is 0 Å². The normalized spacial score (nSPS) is 13.6. The Bertz CT molecular complexity index is 980. The third-order valence-electron chi connectivity index (χ3n) is 5.10. The highest BCUT2D eigenvalue weighted by atomic mass is 16.2. The summed E-state index contributed by atoms with van der Waals surface area (Å²) in [6.45, 7) is 4.59. The Hall–Kier alpha value is -3.28. The summed E-state index contributed by atoms with van der Waals surface area (Å²) >= 11 is 0. The number of likely N-dealkylation sites (N-methyl/N-ethyl adjacent to an activating group) is 1. The van der Waals surface area contributed by atoms with E-state index in [1.807, 2.05) is 41.9 Å². The lowest BCUT2D eigenvalue weighted by Crippen LogP contribution is -2.30. The molecule has 1 aliphatic rings. The summed E-state index contributed by atoms with van der Waals surface area (Å²) in [6, 6.07) is 18.4. The monoisotopic (exact) mass is 375 g/mol. The zero-order chi connectivity index (χ0) is 19.5. The number of rotatable bonds is 5. The number of anilines is 2. The fourth-order valence-electron chi connectivity index (χ4n) is 3.48. The van der Waals surface area contributed by atoms with Crippen LogP contribution in [0.1, 0.15) is 27.4 Å². The lowest BCUT2D eigenvalue weighted by atomic mass is 10.2. The van der Waals surface area contributed by atoms with Gasteiger partial charge in [0.25, 0.3) is 5.91 Å². The molecule has 4 rings (SSSR count).